The van der Waals surface area contributed by atoms with Gasteiger partial charge in [0, 0.05) is 5.92 Å². The van der Waals surface area contributed by atoms with Crippen LogP contribution in [0, 0.1) is 40.9 Å². The average Bonchev–Trinajstić information content (AvgIpc) is 2.73. The third-order valence-corrected chi connectivity index (χ3v) is 6.57. The van der Waals surface area contributed by atoms with Gasteiger partial charge in [-0.2, -0.15) is 5.26 Å². The normalized spacial score (nSPS) is 28.3. The number of rotatable bonds is 4. The quantitative estimate of drug-likeness (QED) is 0.531. The summed E-state index contributed by atoms with van der Waals surface area (Å²) in [6.07, 6.45) is 17.6. The summed E-state index contributed by atoms with van der Waals surface area (Å²) in [4.78, 5) is 0. The lowest BCUT2D eigenvalue weighted by molar-refractivity contribution is 0.294. The minimum atomic E-state index is 0.560. The van der Waals surface area contributed by atoms with Gasteiger partial charge in [0.2, 0.25) is 0 Å². The van der Waals surface area contributed by atoms with E-state index in [1.807, 2.05) is 12.1 Å². The Balaban J connectivity index is 1.40. The summed E-state index contributed by atoms with van der Waals surface area (Å²) >= 11 is 0. The molecule has 1 nitrogen and oxygen atoms in total. The maximum absolute atomic E-state index is 8.92. The highest BCUT2D eigenvalue weighted by Crippen LogP contribution is 2.35. The molecule has 27 heavy (non-hydrogen) atoms. The zero-order valence-electron chi connectivity index (χ0n) is 16.8. The number of hydrogen-bond acceptors (Lipinski definition) is 1. The SMILES string of the molecule is CCC[C@H]1CC[C@H](/C=C/C#C[C@H]2CC[C@H](c3ccc(C#N)cc3)CC2)CC1. The molecule has 0 N–H and O–H groups in total. The van der Waals surface area contributed by atoms with E-state index in [0.29, 0.717) is 11.8 Å². The number of nitrogens with zero attached hydrogens (tertiary/aromatic N) is 1. The molecule has 2 aliphatic rings. The van der Waals surface area contributed by atoms with E-state index >= 15 is 0 Å². The second kappa shape index (κ2) is 10.4. The second-order valence-electron chi connectivity index (χ2n) is 8.50. The Morgan fingerprint density at radius 3 is 2.30 bits per heavy atom. The maximum Gasteiger partial charge on any atom is 0.0991 e. The fraction of sp³-hybridized carbons (Fsp3) is 0.577. The van der Waals surface area contributed by atoms with Crippen LogP contribution >= 0.6 is 0 Å². The lowest BCUT2D eigenvalue weighted by Crippen LogP contribution is -2.12. The van der Waals surface area contributed by atoms with E-state index in [2.05, 4.69) is 49.1 Å². The van der Waals surface area contributed by atoms with Gasteiger partial charge in [-0.25, -0.2) is 0 Å². The van der Waals surface area contributed by atoms with Crippen molar-refractivity contribution in [2.45, 2.75) is 77.0 Å². The van der Waals surface area contributed by atoms with Crippen molar-refractivity contribution in [2.75, 3.05) is 0 Å². The average molecular weight is 360 g/mol. The van der Waals surface area contributed by atoms with Crippen molar-refractivity contribution in [3.8, 4) is 17.9 Å². The molecule has 0 atom stereocenters. The molecule has 1 heteroatoms. The molecule has 0 radical (unpaired) electrons. The molecule has 142 valence electrons. The van der Waals surface area contributed by atoms with Crippen LogP contribution < -0.4 is 0 Å². The fourth-order valence-electron chi connectivity index (χ4n) is 4.83. The van der Waals surface area contributed by atoms with Gasteiger partial charge in [0.25, 0.3) is 0 Å². The second-order valence-corrected chi connectivity index (χ2v) is 8.50. The highest BCUT2D eigenvalue weighted by atomic mass is 14.3. The molecular formula is C26H33N. The summed E-state index contributed by atoms with van der Waals surface area (Å²) in [5, 5.41) is 8.92. The Morgan fingerprint density at radius 2 is 1.67 bits per heavy atom. The third kappa shape index (κ3) is 6.01. The molecule has 0 spiro atoms. The summed E-state index contributed by atoms with van der Waals surface area (Å²) in [6, 6.07) is 10.4. The van der Waals surface area contributed by atoms with Crippen molar-refractivity contribution in [1.29, 1.82) is 5.26 Å². The standard InChI is InChI=1S/C26H33N/c1-2-5-21-8-10-22(11-9-21)6-3-4-7-23-12-16-25(17-13-23)26-18-14-24(20-27)15-19-26/h3,6,14-15,18-19,21-23,25H,2,5,8-13,16-17H2,1H3/b6-3+/t21-,22-,23-,25-. The van der Waals surface area contributed by atoms with Gasteiger partial charge in [-0.3, -0.25) is 0 Å². The number of nitriles is 1. The molecule has 0 bridgehead atoms. The van der Waals surface area contributed by atoms with Gasteiger partial charge < -0.3 is 0 Å². The van der Waals surface area contributed by atoms with Crippen molar-refractivity contribution in [3.63, 3.8) is 0 Å². The zero-order valence-corrected chi connectivity index (χ0v) is 16.8. The molecule has 0 aromatic heterocycles. The minimum absolute atomic E-state index is 0.560. The van der Waals surface area contributed by atoms with Crippen LogP contribution in [-0.4, -0.2) is 0 Å². The molecule has 2 saturated carbocycles. The molecule has 2 aliphatic carbocycles. The van der Waals surface area contributed by atoms with Gasteiger partial charge in [-0.15, -0.1) is 0 Å². The Morgan fingerprint density at radius 1 is 0.963 bits per heavy atom. The first-order valence-electron chi connectivity index (χ1n) is 11.0. The van der Waals surface area contributed by atoms with E-state index < -0.39 is 0 Å². The summed E-state index contributed by atoms with van der Waals surface area (Å²) in [7, 11) is 0. The molecule has 3 rings (SSSR count). The van der Waals surface area contributed by atoms with Crippen LogP contribution in [0.25, 0.3) is 0 Å². The highest BCUT2D eigenvalue weighted by molar-refractivity contribution is 5.33. The number of hydrogen-bond donors (Lipinski definition) is 0. The van der Waals surface area contributed by atoms with Crippen LogP contribution in [-0.2, 0) is 0 Å². The van der Waals surface area contributed by atoms with Gasteiger partial charge >= 0.3 is 0 Å². The van der Waals surface area contributed by atoms with Crippen molar-refractivity contribution in [1.82, 2.24) is 0 Å². The molecule has 2 fully saturated rings. The zero-order chi connectivity index (χ0) is 18.9. The van der Waals surface area contributed by atoms with E-state index in [4.69, 9.17) is 5.26 Å². The topological polar surface area (TPSA) is 23.8 Å². The van der Waals surface area contributed by atoms with Crippen LogP contribution in [0.4, 0.5) is 0 Å². The number of allylic oxidation sites excluding steroid dienone is 2. The Hall–Kier alpha value is -1.99. The predicted octanol–water partition coefficient (Wildman–Crippen LogP) is 7.00. The van der Waals surface area contributed by atoms with E-state index in [1.165, 1.54) is 69.8 Å². The monoisotopic (exact) mass is 359 g/mol. The first-order valence-corrected chi connectivity index (χ1v) is 11.0. The minimum Gasteiger partial charge on any atom is -0.192 e. The summed E-state index contributed by atoms with van der Waals surface area (Å²) < 4.78 is 0. The molecule has 0 unspecified atom stereocenters. The predicted molar refractivity (Wildman–Crippen MR) is 113 cm³/mol. The van der Waals surface area contributed by atoms with Crippen molar-refractivity contribution in [3.05, 3.63) is 47.5 Å². The van der Waals surface area contributed by atoms with E-state index in [-0.39, 0.29) is 0 Å². The fourth-order valence-corrected chi connectivity index (χ4v) is 4.83. The third-order valence-electron chi connectivity index (χ3n) is 6.57. The van der Waals surface area contributed by atoms with Crippen molar-refractivity contribution >= 4 is 0 Å². The van der Waals surface area contributed by atoms with Crippen LogP contribution in [0.2, 0.25) is 0 Å². The van der Waals surface area contributed by atoms with Crippen LogP contribution in [0.5, 0.6) is 0 Å². The first-order chi connectivity index (χ1) is 13.3. The Labute approximate surface area is 165 Å². The maximum atomic E-state index is 8.92. The summed E-state index contributed by atoms with van der Waals surface area (Å²) in [6.45, 7) is 2.30. The molecule has 0 saturated heterocycles. The summed E-state index contributed by atoms with van der Waals surface area (Å²) in [5.41, 5.74) is 2.14. The van der Waals surface area contributed by atoms with Crippen LogP contribution in [0.15, 0.2) is 36.4 Å². The smallest absolute Gasteiger partial charge is 0.0991 e. The van der Waals surface area contributed by atoms with Gasteiger partial charge in [-0.1, -0.05) is 49.8 Å². The van der Waals surface area contributed by atoms with E-state index in [1.54, 1.807) is 0 Å². The van der Waals surface area contributed by atoms with Crippen LogP contribution in [0.1, 0.15) is 88.2 Å². The molecule has 1 aromatic rings. The van der Waals surface area contributed by atoms with Gasteiger partial charge in [0.15, 0.2) is 0 Å². The van der Waals surface area contributed by atoms with E-state index in [0.717, 1.165) is 17.4 Å². The molecule has 0 amide bonds. The summed E-state index contributed by atoms with van der Waals surface area (Å²) in [5.74, 6) is 9.79. The Kier molecular flexibility index (Phi) is 7.59. The Bertz CT molecular complexity index is 693. The lowest BCUT2D eigenvalue weighted by atomic mass is 9.79. The largest absolute Gasteiger partial charge is 0.192 e. The molecular weight excluding hydrogens is 326 g/mol. The number of benzene rings is 1. The van der Waals surface area contributed by atoms with Gasteiger partial charge in [0.1, 0.15) is 0 Å². The van der Waals surface area contributed by atoms with E-state index in [9.17, 15) is 0 Å². The van der Waals surface area contributed by atoms with Crippen LogP contribution in [0.3, 0.4) is 0 Å². The first kappa shape index (κ1) is 19.8. The van der Waals surface area contributed by atoms with Crippen molar-refractivity contribution in [2.24, 2.45) is 17.8 Å². The van der Waals surface area contributed by atoms with Gasteiger partial charge in [0.05, 0.1) is 11.6 Å². The molecule has 0 aliphatic heterocycles. The van der Waals surface area contributed by atoms with Gasteiger partial charge in [-0.05, 0) is 92.9 Å². The lowest BCUT2D eigenvalue weighted by Gasteiger charge is -2.26. The molecule has 1 aromatic carbocycles. The highest BCUT2D eigenvalue weighted by Gasteiger charge is 2.21. The molecule has 0 heterocycles. The van der Waals surface area contributed by atoms with Crippen molar-refractivity contribution < 1.29 is 0 Å².